The van der Waals surface area contributed by atoms with Crippen molar-refractivity contribution in [1.82, 2.24) is 19.2 Å². The van der Waals surface area contributed by atoms with Crippen LogP contribution in [0.4, 0.5) is 9.18 Å². The lowest BCUT2D eigenvalue weighted by atomic mass is 10.1. The first kappa shape index (κ1) is 30.2. The van der Waals surface area contributed by atoms with E-state index in [1.54, 1.807) is 56.5 Å². The van der Waals surface area contributed by atoms with Crippen LogP contribution in [-0.2, 0) is 27.8 Å². The molecule has 0 spiro atoms. The Balaban J connectivity index is 1.52. The number of amides is 1. The van der Waals surface area contributed by atoms with E-state index in [4.69, 9.17) is 4.74 Å². The maximum Gasteiger partial charge on any atom is 0.407 e. The lowest BCUT2D eigenvalue weighted by Crippen LogP contribution is -2.28. The zero-order chi connectivity index (χ0) is 29.2. The topological polar surface area (TPSA) is 93.5 Å². The Hall–Kier alpha value is -3.76. The van der Waals surface area contributed by atoms with E-state index in [2.05, 4.69) is 15.2 Å². The number of fused-ring (bicyclic) bond motifs is 1. The summed E-state index contributed by atoms with van der Waals surface area (Å²) in [6, 6.07) is 10.9. The molecule has 3 aromatic rings. The van der Waals surface area contributed by atoms with Gasteiger partial charge in [-0.2, -0.15) is 4.39 Å². The summed E-state index contributed by atoms with van der Waals surface area (Å²) >= 11 is 0. The fourth-order valence-corrected chi connectivity index (χ4v) is 6.19. The van der Waals surface area contributed by atoms with Crippen molar-refractivity contribution in [3.63, 3.8) is 0 Å². The van der Waals surface area contributed by atoms with Gasteiger partial charge in [0.1, 0.15) is 0 Å². The molecule has 0 bridgehead atoms. The highest BCUT2D eigenvalue weighted by Gasteiger charge is 2.23. The summed E-state index contributed by atoms with van der Waals surface area (Å²) in [4.78, 5) is 17.8. The zero-order valence-corrected chi connectivity index (χ0v) is 24.3. The Morgan fingerprint density at radius 3 is 2.71 bits per heavy atom. The fourth-order valence-electron chi connectivity index (χ4n) is 4.72. The highest BCUT2D eigenvalue weighted by molar-refractivity contribution is 7.94. The normalized spacial score (nSPS) is 13.5. The first-order chi connectivity index (χ1) is 19.8. The van der Waals surface area contributed by atoms with Gasteiger partial charge in [0.2, 0.25) is 5.95 Å². The summed E-state index contributed by atoms with van der Waals surface area (Å²) in [6.07, 6.45) is 14.3. The van der Waals surface area contributed by atoms with Crippen LogP contribution in [0, 0.1) is 5.95 Å². The maximum absolute atomic E-state index is 14.5. The predicted molar refractivity (Wildman–Crippen MR) is 159 cm³/mol. The second kappa shape index (κ2) is 14.2. The molecule has 1 aliphatic carbocycles. The van der Waals surface area contributed by atoms with E-state index in [9.17, 15) is 17.6 Å². The number of para-hydroxylation sites is 1. The molecule has 10 heteroatoms. The summed E-state index contributed by atoms with van der Waals surface area (Å²) in [6.45, 7) is 5.51. The lowest BCUT2D eigenvalue weighted by molar-refractivity contribution is 0.115. The van der Waals surface area contributed by atoms with E-state index in [0.717, 1.165) is 30.2 Å². The third kappa shape index (κ3) is 8.14. The predicted octanol–water partition coefficient (Wildman–Crippen LogP) is 6.06. The van der Waals surface area contributed by atoms with Crippen molar-refractivity contribution < 1.29 is 22.3 Å². The van der Waals surface area contributed by atoms with Crippen molar-refractivity contribution in [1.29, 1.82) is 0 Å². The molecule has 1 N–H and O–H groups in total. The van der Waals surface area contributed by atoms with Gasteiger partial charge in [0.15, 0.2) is 0 Å². The van der Waals surface area contributed by atoms with E-state index in [1.165, 1.54) is 10.2 Å². The molecule has 4 rings (SSSR count). The average Bonchev–Trinajstić information content (AvgIpc) is 3.09. The number of benzene rings is 1. The van der Waals surface area contributed by atoms with Crippen molar-refractivity contribution in [2.75, 3.05) is 13.1 Å². The van der Waals surface area contributed by atoms with E-state index < -0.39 is 22.1 Å². The van der Waals surface area contributed by atoms with Crippen LogP contribution in [0.25, 0.3) is 10.9 Å². The van der Waals surface area contributed by atoms with Crippen molar-refractivity contribution in [3.05, 3.63) is 101 Å². The Morgan fingerprint density at radius 1 is 1.10 bits per heavy atom. The molecule has 0 radical (unpaired) electrons. The molecule has 0 saturated carbocycles. The number of carbonyl (C=O) groups excluding carboxylic acids is 1. The average molecular weight is 581 g/mol. The summed E-state index contributed by atoms with van der Waals surface area (Å²) in [7, 11) is -3.82. The van der Waals surface area contributed by atoms with Gasteiger partial charge in [-0.3, -0.25) is 4.90 Å². The third-order valence-electron chi connectivity index (χ3n) is 6.67. The van der Waals surface area contributed by atoms with Crippen LogP contribution in [0.2, 0.25) is 0 Å². The van der Waals surface area contributed by atoms with Crippen LogP contribution in [0.3, 0.4) is 0 Å². The van der Waals surface area contributed by atoms with Crippen LogP contribution in [0.5, 0.6) is 0 Å². The number of allylic oxidation sites excluding steroid dienone is 5. The standard InChI is InChI=1S/C31H37FN4O4S/c1-24(2)40-31(37)34-18-10-5-11-20-35(21-25-13-12-19-33-30(25)32)22-26-23-36(29-17-9-8-16-28(26)29)41(38,39)27-14-6-3-4-7-15-27/h3-4,6,8-9,12-17,19,23-24H,5,7,10-11,18,20-22H2,1-2H3,(H,34,37). The maximum atomic E-state index is 14.5. The molecule has 0 aliphatic heterocycles. The second-order valence-electron chi connectivity index (χ2n) is 10.2. The number of pyridine rings is 1. The molecule has 1 aromatic carbocycles. The highest BCUT2D eigenvalue weighted by atomic mass is 32.2. The van der Waals surface area contributed by atoms with Gasteiger partial charge in [0.05, 0.1) is 16.5 Å². The molecule has 0 saturated heterocycles. The zero-order valence-electron chi connectivity index (χ0n) is 23.5. The summed E-state index contributed by atoms with van der Waals surface area (Å²) in [5, 5.41) is 3.58. The largest absolute Gasteiger partial charge is 0.447 e. The lowest BCUT2D eigenvalue weighted by Gasteiger charge is -2.22. The Bertz CT molecular complexity index is 1540. The first-order valence-electron chi connectivity index (χ1n) is 13.9. The smallest absolute Gasteiger partial charge is 0.407 e. The minimum Gasteiger partial charge on any atom is -0.447 e. The molecule has 0 atom stereocenters. The highest BCUT2D eigenvalue weighted by Crippen LogP contribution is 2.28. The number of halogens is 1. The Kier molecular flexibility index (Phi) is 10.5. The second-order valence-corrected chi connectivity index (χ2v) is 12.0. The number of nitrogens with one attached hydrogen (secondary N) is 1. The SMILES string of the molecule is CC(C)OC(=O)NCCCCCN(Cc1cccnc1F)Cc1cn(S(=O)(=O)C2=CCC=CC=C2)c2ccccc12. The molecule has 0 unspecified atom stereocenters. The number of unbranched alkanes of at least 4 members (excludes halogenated alkanes) is 2. The minimum atomic E-state index is -3.82. The summed E-state index contributed by atoms with van der Waals surface area (Å²) < 4.78 is 48.3. The molecule has 0 fully saturated rings. The van der Waals surface area contributed by atoms with Crippen molar-refractivity contribution in [3.8, 4) is 0 Å². The number of carbonyl (C=O) groups is 1. The van der Waals surface area contributed by atoms with E-state index in [0.29, 0.717) is 43.7 Å². The number of hydrogen-bond acceptors (Lipinski definition) is 6. The molecule has 41 heavy (non-hydrogen) atoms. The van der Waals surface area contributed by atoms with Gasteiger partial charge >= 0.3 is 6.09 Å². The Morgan fingerprint density at radius 2 is 1.90 bits per heavy atom. The molecule has 2 aromatic heterocycles. The summed E-state index contributed by atoms with van der Waals surface area (Å²) in [5.74, 6) is -0.518. The number of ether oxygens (including phenoxy) is 1. The molecular formula is C31H37FN4O4S. The van der Waals surface area contributed by atoms with Crippen LogP contribution in [-0.4, -0.2) is 47.6 Å². The molecule has 1 amide bonds. The minimum absolute atomic E-state index is 0.172. The molecule has 8 nitrogen and oxygen atoms in total. The van der Waals surface area contributed by atoms with Crippen molar-refractivity contribution >= 4 is 27.0 Å². The molecular weight excluding hydrogens is 543 g/mol. The molecule has 1 aliphatic rings. The number of rotatable bonds is 13. The van der Waals surface area contributed by atoms with Gasteiger partial charge in [0, 0.05) is 43.0 Å². The van der Waals surface area contributed by atoms with Crippen LogP contribution >= 0.6 is 0 Å². The summed E-state index contributed by atoms with van der Waals surface area (Å²) in [5.41, 5.74) is 1.91. The van der Waals surface area contributed by atoms with Crippen LogP contribution in [0.1, 0.15) is 50.7 Å². The van der Waals surface area contributed by atoms with Crippen LogP contribution < -0.4 is 5.32 Å². The number of nitrogens with zero attached hydrogens (tertiary/aromatic N) is 3. The monoisotopic (exact) mass is 580 g/mol. The third-order valence-corrected chi connectivity index (χ3v) is 8.39. The van der Waals surface area contributed by atoms with E-state index in [1.807, 2.05) is 30.4 Å². The van der Waals surface area contributed by atoms with Gasteiger partial charge in [-0.15, -0.1) is 0 Å². The first-order valence-corrected chi connectivity index (χ1v) is 15.3. The van der Waals surface area contributed by atoms with Gasteiger partial charge in [-0.1, -0.05) is 55.0 Å². The van der Waals surface area contributed by atoms with Gasteiger partial charge in [0.25, 0.3) is 10.0 Å². The quantitative estimate of drug-likeness (QED) is 0.195. The number of alkyl carbamates (subject to hydrolysis) is 1. The van der Waals surface area contributed by atoms with Gasteiger partial charge in [-0.05, 0) is 63.4 Å². The van der Waals surface area contributed by atoms with Crippen molar-refractivity contribution in [2.45, 2.75) is 58.7 Å². The fraction of sp³-hybridized carbons (Fsp3) is 0.355. The van der Waals surface area contributed by atoms with Gasteiger partial charge in [-0.25, -0.2) is 22.2 Å². The van der Waals surface area contributed by atoms with E-state index >= 15 is 0 Å². The number of hydrogen-bond donors (Lipinski definition) is 1. The van der Waals surface area contributed by atoms with E-state index in [-0.39, 0.29) is 11.0 Å². The number of aromatic nitrogens is 2. The van der Waals surface area contributed by atoms with Crippen LogP contribution in [0.15, 0.2) is 84.1 Å². The molecule has 2 heterocycles. The molecule has 218 valence electrons. The van der Waals surface area contributed by atoms with Crippen molar-refractivity contribution in [2.24, 2.45) is 0 Å². The Labute approximate surface area is 241 Å². The van der Waals surface area contributed by atoms with Gasteiger partial charge < -0.3 is 10.1 Å².